The molecule has 3 aromatic rings. The van der Waals surface area contributed by atoms with Crippen LogP contribution >= 0.6 is 11.6 Å². The Morgan fingerprint density at radius 3 is 2.52 bits per heavy atom. The number of aliphatic imine (C=N–C) groups is 1. The summed E-state index contributed by atoms with van der Waals surface area (Å²) < 4.78 is 23.8. The molecule has 0 bridgehead atoms. The van der Waals surface area contributed by atoms with Gasteiger partial charge in [-0.15, -0.1) is 0 Å². The van der Waals surface area contributed by atoms with Crippen LogP contribution in [0.15, 0.2) is 71.7 Å². The van der Waals surface area contributed by atoms with Crippen molar-refractivity contribution >= 4 is 40.8 Å². The Kier molecular flexibility index (Phi) is 7.55. The van der Waals surface area contributed by atoms with Gasteiger partial charge in [0.2, 0.25) is 0 Å². The Balaban J connectivity index is 1.31. The van der Waals surface area contributed by atoms with E-state index in [1.807, 2.05) is 18.2 Å². The number of ether oxygens (including phenoxy) is 2. The van der Waals surface area contributed by atoms with Crippen LogP contribution in [-0.2, 0) is 9.53 Å². The van der Waals surface area contributed by atoms with E-state index in [9.17, 15) is 9.18 Å². The molecule has 1 amide bonds. The third-order valence-corrected chi connectivity index (χ3v) is 5.33. The molecule has 4 rings (SSSR count). The van der Waals surface area contributed by atoms with Gasteiger partial charge < -0.3 is 19.7 Å². The number of carbonyl (C=O) groups is 1. The number of nitrogens with one attached hydrogen (secondary N) is 1. The van der Waals surface area contributed by atoms with E-state index in [0.29, 0.717) is 16.5 Å². The highest BCUT2D eigenvalue weighted by atomic mass is 35.5. The summed E-state index contributed by atoms with van der Waals surface area (Å²) in [7, 11) is 0. The quantitative estimate of drug-likeness (QED) is 0.492. The van der Waals surface area contributed by atoms with Crippen molar-refractivity contribution in [2.45, 2.75) is 0 Å². The number of carbonyl (C=O) groups excluding carboxylic acids is 1. The summed E-state index contributed by atoms with van der Waals surface area (Å²) in [6.45, 7) is 3.06. The van der Waals surface area contributed by atoms with Gasteiger partial charge in [-0.25, -0.2) is 4.39 Å². The largest absolute Gasteiger partial charge is 0.482 e. The number of anilines is 2. The summed E-state index contributed by atoms with van der Waals surface area (Å²) in [4.78, 5) is 18.8. The molecule has 0 radical (unpaired) electrons. The Labute approximate surface area is 196 Å². The molecule has 1 aliphatic rings. The van der Waals surface area contributed by atoms with Gasteiger partial charge in [0.05, 0.1) is 23.9 Å². The molecular weight excluding hydrogens is 445 g/mol. The third-order valence-electron chi connectivity index (χ3n) is 5.03. The van der Waals surface area contributed by atoms with E-state index in [4.69, 9.17) is 21.1 Å². The predicted octanol–water partition coefficient (Wildman–Crippen LogP) is 5.08. The van der Waals surface area contributed by atoms with Gasteiger partial charge in [0.25, 0.3) is 5.91 Å². The zero-order valence-corrected chi connectivity index (χ0v) is 18.6. The summed E-state index contributed by atoms with van der Waals surface area (Å²) in [5.41, 5.74) is 3.28. The second-order valence-corrected chi connectivity index (χ2v) is 7.81. The SMILES string of the molecule is O=C(COc1ccc(C=Nc2ccc(N3CCOCC3)cc2)cc1Cl)Nc1ccc(F)cc1. The fourth-order valence-electron chi connectivity index (χ4n) is 3.31. The van der Waals surface area contributed by atoms with Crippen molar-refractivity contribution in [2.24, 2.45) is 4.99 Å². The minimum atomic E-state index is -0.371. The van der Waals surface area contributed by atoms with Gasteiger partial charge in [-0.2, -0.15) is 0 Å². The lowest BCUT2D eigenvalue weighted by Gasteiger charge is -2.28. The molecule has 170 valence electrons. The number of hydrogen-bond donors (Lipinski definition) is 1. The average Bonchev–Trinajstić information content (AvgIpc) is 2.84. The van der Waals surface area contributed by atoms with Crippen LogP contribution in [0.2, 0.25) is 5.02 Å². The fourth-order valence-corrected chi connectivity index (χ4v) is 3.55. The van der Waals surface area contributed by atoms with Crippen LogP contribution in [0.4, 0.5) is 21.5 Å². The number of hydrogen-bond acceptors (Lipinski definition) is 5. The molecule has 0 unspecified atom stereocenters. The summed E-state index contributed by atoms with van der Waals surface area (Å²) in [5.74, 6) is -0.355. The van der Waals surface area contributed by atoms with Crippen LogP contribution in [0.1, 0.15) is 5.56 Å². The van der Waals surface area contributed by atoms with Crippen LogP contribution < -0.4 is 15.0 Å². The van der Waals surface area contributed by atoms with E-state index in [1.54, 1.807) is 18.3 Å². The van der Waals surface area contributed by atoms with Crippen LogP contribution in [-0.4, -0.2) is 45.0 Å². The van der Waals surface area contributed by atoms with E-state index in [2.05, 4.69) is 27.3 Å². The Morgan fingerprint density at radius 1 is 1.09 bits per heavy atom. The van der Waals surface area contributed by atoms with E-state index in [1.165, 1.54) is 24.3 Å². The maximum atomic E-state index is 12.9. The molecule has 0 atom stereocenters. The lowest BCUT2D eigenvalue weighted by Crippen LogP contribution is -2.36. The Morgan fingerprint density at radius 2 is 1.82 bits per heavy atom. The zero-order valence-electron chi connectivity index (χ0n) is 17.8. The van der Waals surface area contributed by atoms with Crippen molar-refractivity contribution in [3.63, 3.8) is 0 Å². The molecule has 0 aliphatic carbocycles. The molecule has 8 heteroatoms. The number of morpholine rings is 1. The summed E-state index contributed by atoms with van der Waals surface area (Å²) in [5, 5.41) is 3.00. The Bertz CT molecular complexity index is 1110. The third kappa shape index (κ3) is 6.54. The molecule has 33 heavy (non-hydrogen) atoms. The molecule has 1 heterocycles. The number of benzene rings is 3. The zero-order chi connectivity index (χ0) is 23.0. The number of halogens is 2. The Hall–Kier alpha value is -3.42. The molecule has 3 aromatic carbocycles. The lowest BCUT2D eigenvalue weighted by atomic mass is 10.2. The molecule has 1 fully saturated rings. The first-order chi connectivity index (χ1) is 16.1. The first-order valence-corrected chi connectivity index (χ1v) is 10.9. The molecule has 1 aliphatic heterocycles. The van der Waals surface area contributed by atoms with E-state index in [-0.39, 0.29) is 18.3 Å². The van der Waals surface area contributed by atoms with E-state index in [0.717, 1.165) is 43.2 Å². The first-order valence-electron chi connectivity index (χ1n) is 10.5. The maximum Gasteiger partial charge on any atom is 0.262 e. The van der Waals surface area contributed by atoms with Gasteiger partial charge in [-0.1, -0.05) is 11.6 Å². The van der Waals surface area contributed by atoms with Gasteiger partial charge in [0.15, 0.2) is 6.61 Å². The van der Waals surface area contributed by atoms with Gasteiger partial charge in [-0.05, 0) is 72.3 Å². The number of amides is 1. The molecule has 0 saturated carbocycles. The monoisotopic (exact) mass is 467 g/mol. The van der Waals surface area contributed by atoms with Crippen LogP contribution in [0.5, 0.6) is 5.75 Å². The smallest absolute Gasteiger partial charge is 0.262 e. The van der Waals surface area contributed by atoms with Crippen molar-refractivity contribution in [1.82, 2.24) is 0 Å². The molecule has 1 saturated heterocycles. The lowest BCUT2D eigenvalue weighted by molar-refractivity contribution is -0.118. The highest BCUT2D eigenvalue weighted by Crippen LogP contribution is 2.26. The van der Waals surface area contributed by atoms with Crippen molar-refractivity contribution in [3.05, 3.63) is 83.1 Å². The van der Waals surface area contributed by atoms with Crippen molar-refractivity contribution in [3.8, 4) is 5.75 Å². The molecule has 0 aromatic heterocycles. The summed E-state index contributed by atoms with van der Waals surface area (Å²) in [6.07, 6.45) is 1.72. The van der Waals surface area contributed by atoms with Crippen LogP contribution in [0.25, 0.3) is 0 Å². The topological polar surface area (TPSA) is 63.2 Å². The van der Waals surface area contributed by atoms with Crippen LogP contribution in [0, 0.1) is 5.82 Å². The van der Waals surface area contributed by atoms with E-state index >= 15 is 0 Å². The fraction of sp³-hybridized carbons (Fsp3) is 0.200. The summed E-state index contributed by atoms with van der Waals surface area (Å²) >= 11 is 6.30. The highest BCUT2D eigenvalue weighted by molar-refractivity contribution is 6.32. The molecule has 0 spiro atoms. The normalized spacial score (nSPS) is 13.8. The number of rotatable bonds is 7. The van der Waals surface area contributed by atoms with Crippen molar-refractivity contribution < 1.29 is 18.7 Å². The first kappa shape index (κ1) is 22.8. The molecule has 1 N–H and O–H groups in total. The number of nitrogens with zero attached hydrogens (tertiary/aromatic N) is 2. The average molecular weight is 468 g/mol. The standard InChI is InChI=1S/C25H23ClFN3O3/c26-23-15-18(16-28-20-6-8-22(9-7-20)30-11-13-32-14-12-30)1-10-24(23)33-17-25(31)29-21-4-2-19(27)3-5-21/h1-10,15-16H,11-14,17H2,(H,29,31). The summed E-state index contributed by atoms with van der Waals surface area (Å²) in [6, 6.07) is 18.8. The minimum Gasteiger partial charge on any atom is -0.482 e. The van der Waals surface area contributed by atoms with Gasteiger partial charge in [0, 0.05) is 30.7 Å². The molecular formula is C25H23ClFN3O3. The van der Waals surface area contributed by atoms with Crippen molar-refractivity contribution in [1.29, 1.82) is 0 Å². The van der Waals surface area contributed by atoms with Gasteiger partial charge in [-0.3, -0.25) is 9.79 Å². The minimum absolute atomic E-state index is 0.222. The predicted molar refractivity (Wildman–Crippen MR) is 129 cm³/mol. The van der Waals surface area contributed by atoms with Gasteiger partial charge >= 0.3 is 0 Å². The van der Waals surface area contributed by atoms with E-state index < -0.39 is 0 Å². The molecule has 6 nitrogen and oxygen atoms in total. The van der Waals surface area contributed by atoms with Crippen molar-refractivity contribution in [2.75, 3.05) is 43.1 Å². The van der Waals surface area contributed by atoms with Gasteiger partial charge in [0.1, 0.15) is 11.6 Å². The van der Waals surface area contributed by atoms with Crippen LogP contribution in [0.3, 0.4) is 0 Å². The second kappa shape index (κ2) is 10.9. The highest BCUT2D eigenvalue weighted by Gasteiger charge is 2.11. The second-order valence-electron chi connectivity index (χ2n) is 7.41. The maximum absolute atomic E-state index is 12.9.